The Bertz CT molecular complexity index is 1450. The van der Waals surface area contributed by atoms with Crippen LogP contribution >= 0.6 is 11.3 Å². The fourth-order valence-corrected chi connectivity index (χ4v) is 5.52. The maximum Gasteiger partial charge on any atom is 0.328 e. The van der Waals surface area contributed by atoms with E-state index in [0.717, 1.165) is 27.3 Å². The maximum atomic E-state index is 11.0. The van der Waals surface area contributed by atoms with Crippen LogP contribution < -0.4 is 4.74 Å². The third-order valence-corrected chi connectivity index (χ3v) is 7.84. The molecule has 1 N–H and O–H groups in total. The van der Waals surface area contributed by atoms with Crippen LogP contribution in [-0.2, 0) is 4.79 Å². The average Bonchev–Trinajstić information content (AvgIpc) is 3.42. The number of carbonyl (C=O) groups is 1. The van der Waals surface area contributed by atoms with Crippen LogP contribution in [0, 0.1) is 12.8 Å². The molecule has 1 fully saturated rings. The molecule has 1 aliphatic rings. The quantitative estimate of drug-likeness (QED) is 0.194. The summed E-state index contributed by atoms with van der Waals surface area (Å²) in [5.74, 6) is 0.391. The molecule has 4 nitrogen and oxygen atoms in total. The monoisotopic (exact) mass is 507 g/mol. The number of carboxylic acids is 1. The van der Waals surface area contributed by atoms with Crippen molar-refractivity contribution in [3.8, 4) is 16.2 Å². The van der Waals surface area contributed by atoms with Crippen LogP contribution in [-0.4, -0.2) is 23.2 Å². The molecule has 5 rings (SSSR count). The first-order chi connectivity index (χ1) is 18.0. The van der Waals surface area contributed by atoms with E-state index in [0.29, 0.717) is 5.92 Å². The van der Waals surface area contributed by atoms with E-state index in [2.05, 4.69) is 60.4 Å². The predicted molar refractivity (Wildman–Crippen MR) is 152 cm³/mol. The number of hydrogen-bond acceptors (Lipinski definition) is 4. The zero-order chi connectivity index (χ0) is 25.8. The molecule has 37 heavy (non-hydrogen) atoms. The number of aromatic nitrogens is 1. The molecule has 1 saturated carbocycles. The Morgan fingerprint density at radius 2 is 1.73 bits per heavy atom. The normalized spacial score (nSPS) is 14.3. The molecule has 0 aliphatic heterocycles. The van der Waals surface area contributed by atoms with Crippen LogP contribution in [0.3, 0.4) is 0 Å². The molecule has 4 aromatic rings. The molecule has 0 saturated heterocycles. The molecule has 0 spiro atoms. The molecule has 186 valence electrons. The van der Waals surface area contributed by atoms with Crippen molar-refractivity contribution in [3.63, 3.8) is 0 Å². The predicted octanol–water partition coefficient (Wildman–Crippen LogP) is 7.98. The number of rotatable bonds is 8. The molecule has 0 amide bonds. The first kappa shape index (κ1) is 24.7. The molecule has 0 radical (unpaired) electrons. The van der Waals surface area contributed by atoms with Crippen LogP contribution in [0.5, 0.6) is 5.75 Å². The van der Waals surface area contributed by atoms with Crippen LogP contribution in [0.15, 0.2) is 84.5 Å². The largest absolute Gasteiger partial charge is 0.497 e. The van der Waals surface area contributed by atoms with E-state index in [1.807, 2.05) is 29.9 Å². The standard InChI is InChI=1S/C32H29NO3S/c1-21-18-27(36-2)15-16-28(21)32(24-4-3-5-24)31(25-9-6-22(7-10-25)8-17-30(34)35)26-13-11-23(12-14-26)29-19-33-20-37-29/h6-20,24H,3-5H2,1-2H3,(H,34,35). The number of hydrogen-bond donors (Lipinski definition) is 1. The van der Waals surface area contributed by atoms with Crippen molar-refractivity contribution in [1.29, 1.82) is 0 Å². The number of aryl methyl sites for hydroxylation is 1. The number of aliphatic carboxylic acids is 1. The van der Waals surface area contributed by atoms with Gasteiger partial charge >= 0.3 is 5.97 Å². The van der Waals surface area contributed by atoms with E-state index in [-0.39, 0.29) is 0 Å². The third-order valence-electron chi connectivity index (χ3n) is 7.01. The van der Waals surface area contributed by atoms with Crippen LogP contribution in [0.4, 0.5) is 0 Å². The number of benzene rings is 3. The minimum Gasteiger partial charge on any atom is -0.497 e. The first-order valence-corrected chi connectivity index (χ1v) is 13.3. The summed E-state index contributed by atoms with van der Waals surface area (Å²) in [6, 6.07) is 23.3. The molecular weight excluding hydrogens is 478 g/mol. The van der Waals surface area contributed by atoms with E-state index >= 15 is 0 Å². The summed E-state index contributed by atoms with van der Waals surface area (Å²) < 4.78 is 5.49. The highest BCUT2D eigenvalue weighted by molar-refractivity contribution is 7.13. The molecule has 1 aromatic heterocycles. The summed E-state index contributed by atoms with van der Waals surface area (Å²) in [7, 11) is 1.70. The van der Waals surface area contributed by atoms with Crippen molar-refractivity contribution < 1.29 is 14.6 Å². The third kappa shape index (κ3) is 5.42. The Kier molecular flexibility index (Phi) is 7.33. The fourth-order valence-electron chi connectivity index (χ4n) is 4.89. The first-order valence-electron chi connectivity index (χ1n) is 12.4. The fraction of sp³-hybridized carbons (Fsp3) is 0.188. The van der Waals surface area contributed by atoms with Crippen LogP contribution in [0.1, 0.15) is 47.1 Å². The lowest BCUT2D eigenvalue weighted by Gasteiger charge is -2.32. The van der Waals surface area contributed by atoms with Gasteiger partial charge in [0.2, 0.25) is 0 Å². The maximum absolute atomic E-state index is 11.0. The minimum atomic E-state index is -0.951. The number of ether oxygens (including phenoxy) is 1. The number of methoxy groups -OCH3 is 1. The van der Waals surface area contributed by atoms with Gasteiger partial charge in [-0.25, -0.2) is 4.79 Å². The highest BCUT2D eigenvalue weighted by Gasteiger charge is 2.28. The van der Waals surface area contributed by atoms with Gasteiger partial charge < -0.3 is 9.84 Å². The SMILES string of the molecule is COc1ccc(C(=C(c2ccc(C=CC(=O)O)cc2)c2ccc(-c3cncs3)cc2)C2CCC2)c(C)c1. The summed E-state index contributed by atoms with van der Waals surface area (Å²) >= 11 is 1.64. The van der Waals surface area contributed by atoms with Gasteiger partial charge in [0.25, 0.3) is 0 Å². The lowest BCUT2D eigenvalue weighted by Crippen LogP contribution is -2.16. The Morgan fingerprint density at radius 1 is 1.03 bits per heavy atom. The van der Waals surface area contributed by atoms with Gasteiger partial charge in [-0.3, -0.25) is 4.98 Å². The van der Waals surface area contributed by atoms with Gasteiger partial charge in [-0.05, 0) is 88.4 Å². The molecule has 0 unspecified atom stereocenters. The topological polar surface area (TPSA) is 59.4 Å². The summed E-state index contributed by atoms with van der Waals surface area (Å²) in [5, 5.41) is 9.01. The molecule has 3 aromatic carbocycles. The van der Waals surface area contributed by atoms with Crippen molar-refractivity contribution in [2.45, 2.75) is 26.2 Å². The van der Waals surface area contributed by atoms with E-state index in [1.165, 1.54) is 53.2 Å². The second-order valence-corrected chi connectivity index (χ2v) is 10.2. The smallest absolute Gasteiger partial charge is 0.328 e. The van der Waals surface area contributed by atoms with Crippen LogP contribution in [0.25, 0.3) is 27.7 Å². The van der Waals surface area contributed by atoms with E-state index in [1.54, 1.807) is 24.5 Å². The number of nitrogens with zero attached hydrogens (tertiary/aromatic N) is 1. The second-order valence-electron chi connectivity index (χ2n) is 9.33. The minimum absolute atomic E-state index is 0.481. The second kappa shape index (κ2) is 11.0. The van der Waals surface area contributed by atoms with Gasteiger partial charge in [-0.2, -0.15) is 0 Å². The molecule has 0 bridgehead atoms. The van der Waals surface area contributed by atoms with E-state index < -0.39 is 5.97 Å². The van der Waals surface area contributed by atoms with E-state index in [4.69, 9.17) is 9.84 Å². The van der Waals surface area contributed by atoms with Gasteiger partial charge in [0.05, 0.1) is 17.5 Å². The van der Waals surface area contributed by atoms with Crippen molar-refractivity contribution >= 4 is 34.5 Å². The highest BCUT2D eigenvalue weighted by atomic mass is 32.1. The molecular formula is C32H29NO3S. The van der Waals surface area contributed by atoms with Gasteiger partial charge in [-0.1, -0.05) is 61.0 Å². The summed E-state index contributed by atoms with van der Waals surface area (Å²) in [6.07, 6.45) is 8.27. The van der Waals surface area contributed by atoms with Gasteiger partial charge in [-0.15, -0.1) is 11.3 Å². The molecule has 0 atom stereocenters. The Labute approximate surface area is 221 Å². The van der Waals surface area contributed by atoms with Crippen molar-refractivity contribution in [2.75, 3.05) is 7.11 Å². The van der Waals surface area contributed by atoms with Crippen molar-refractivity contribution in [1.82, 2.24) is 4.98 Å². The summed E-state index contributed by atoms with van der Waals surface area (Å²) in [6.45, 7) is 2.15. The number of allylic oxidation sites excluding steroid dienone is 1. The summed E-state index contributed by atoms with van der Waals surface area (Å²) in [4.78, 5) is 16.4. The lowest BCUT2D eigenvalue weighted by atomic mass is 9.72. The zero-order valence-electron chi connectivity index (χ0n) is 21.0. The van der Waals surface area contributed by atoms with Crippen molar-refractivity contribution in [2.24, 2.45) is 5.92 Å². The Morgan fingerprint density at radius 3 is 2.27 bits per heavy atom. The van der Waals surface area contributed by atoms with Gasteiger partial charge in [0.1, 0.15) is 5.75 Å². The van der Waals surface area contributed by atoms with Gasteiger partial charge in [0, 0.05) is 12.3 Å². The molecule has 1 heterocycles. The molecule has 1 aliphatic carbocycles. The highest BCUT2D eigenvalue weighted by Crippen LogP contribution is 2.46. The zero-order valence-corrected chi connectivity index (χ0v) is 21.8. The van der Waals surface area contributed by atoms with Crippen LogP contribution in [0.2, 0.25) is 0 Å². The molecule has 5 heteroatoms. The van der Waals surface area contributed by atoms with Crippen molar-refractivity contribution in [3.05, 3.63) is 112 Å². The Balaban J connectivity index is 1.69. The number of thiazole rings is 1. The van der Waals surface area contributed by atoms with Gasteiger partial charge in [0.15, 0.2) is 0 Å². The average molecular weight is 508 g/mol. The summed E-state index contributed by atoms with van der Waals surface area (Å²) in [5.41, 5.74) is 11.2. The Hall–Kier alpha value is -3.96. The lowest BCUT2D eigenvalue weighted by molar-refractivity contribution is -0.131. The van der Waals surface area contributed by atoms with E-state index in [9.17, 15) is 4.79 Å². The number of carboxylic acid groups (broad SMARTS) is 1.